The van der Waals surface area contributed by atoms with Gasteiger partial charge in [-0.25, -0.2) is 17.2 Å². The Bertz CT molecular complexity index is 775. The molecule has 1 heterocycles. The number of aromatic nitrogens is 2. The topological polar surface area (TPSA) is 74.8 Å². The van der Waals surface area contributed by atoms with Crippen molar-refractivity contribution < 1.29 is 17.2 Å². The molecule has 0 radical (unpaired) electrons. The van der Waals surface area contributed by atoms with Gasteiger partial charge >= 0.3 is 0 Å². The van der Waals surface area contributed by atoms with E-state index in [-0.39, 0.29) is 21.3 Å². The van der Waals surface area contributed by atoms with Crippen molar-refractivity contribution in [1.29, 1.82) is 0 Å². The van der Waals surface area contributed by atoms with Gasteiger partial charge in [-0.2, -0.15) is 5.10 Å². The van der Waals surface area contributed by atoms with Crippen LogP contribution in [0.4, 0.5) is 14.5 Å². The molecule has 0 aliphatic heterocycles. The second-order valence-corrected chi connectivity index (χ2v) is 6.51. The van der Waals surface area contributed by atoms with Crippen LogP contribution < -0.4 is 4.72 Å². The summed E-state index contributed by atoms with van der Waals surface area (Å²) in [5, 5.41) is 5.98. The minimum absolute atomic E-state index is 0.0733. The maximum Gasteiger partial charge on any atom is 0.284 e. The molecule has 1 aromatic carbocycles. The molecule has 0 bridgehead atoms. The largest absolute Gasteiger partial charge is 0.284 e. The van der Waals surface area contributed by atoms with Gasteiger partial charge in [-0.3, -0.25) is 9.82 Å². The summed E-state index contributed by atoms with van der Waals surface area (Å²) in [6.45, 7) is 3.03. The number of nitrogens with one attached hydrogen (secondary N) is 2. The van der Waals surface area contributed by atoms with E-state index in [9.17, 15) is 17.2 Å². The van der Waals surface area contributed by atoms with E-state index in [2.05, 4.69) is 14.9 Å². The zero-order chi connectivity index (χ0) is 15.8. The summed E-state index contributed by atoms with van der Waals surface area (Å²) in [5.41, 5.74) is -0.236. The summed E-state index contributed by atoms with van der Waals surface area (Å²) in [7, 11) is -4.04. The number of aryl methyl sites for hydroxylation is 2. The van der Waals surface area contributed by atoms with Crippen LogP contribution in [0.1, 0.15) is 23.4 Å². The molecule has 9 heteroatoms. The van der Waals surface area contributed by atoms with Gasteiger partial charge in [0.2, 0.25) is 0 Å². The Morgan fingerprint density at radius 2 is 2.00 bits per heavy atom. The average Bonchev–Trinajstić information content (AvgIpc) is 2.73. The third-order valence-corrected chi connectivity index (χ3v) is 4.58. The van der Waals surface area contributed by atoms with Crippen molar-refractivity contribution in [2.24, 2.45) is 0 Å². The predicted octanol–water partition coefficient (Wildman–Crippen LogP) is 3.42. The highest BCUT2D eigenvalue weighted by Gasteiger charge is 2.25. The number of anilines is 1. The molecule has 0 atom stereocenters. The SMILES string of the molecule is Cc1ccc(Cl)cc1S(=O)(=O)Nc1c(C(F)F)n[nH]c1C. The van der Waals surface area contributed by atoms with E-state index in [0.29, 0.717) is 5.56 Å². The van der Waals surface area contributed by atoms with E-state index in [0.717, 1.165) is 0 Å². The molecular weight excluding hydrogens is 324 g/mol. The smallest absolute Gasteiger partial charge is 0.280 e. The number of aromatic amines is 1. The van der Waals surface area contributed by atoms with E-state index < -0.39 is 22.1 Å². The highest BCUT2D eigenvalue weighted by atomic mass is 35.5. The summed E-state index contributed by atoms with van der Waals surface area (Å²) in [5.74, 6) is 0. The highest BCUT2D eigenvalue weighted by molar-refractivity contribution is 7.92. The molecule has 1 aromatic heterocycles. The quantitative estimate of drug-likeness (QED) is 0.899. The Balaban J connectivity index is 2.47. The van der Waals surface area contributed by atoms with Crippen molar-refractivity contribution in [1.82, 2.24) is 10.2 Å². The first kappa shape index (κ1) is 15.7. The van der Waals surface area contributed by atoms with Crippen molar-refractivity contribution in [2.75, 3.05) is 4.72 Å². The lowest BCUT2D eigenvalue weighted by Gasteiger charge is -2.11. The van der Waals surface area contributed by atoms with Crippen molar-refractivity contribution >= 4 is 27.3 Å². The van der Waals surface area contributed by atoms with Gasteiger partial charge in [0.05, 0.1) is 16.3 Å². The summed E-state index contributed by atoms with van der Waals surface area (Å²) < 4.78 is 52.5. The fourth-order valence-electron chi connectivity index (χ4n) is 1.79. The second kappa shape index (κ2) is 5.61. The van der Waals surface area contributed by atoms with Crippen LogP contribution in [0.25, 0.3) is 0 Å². The maximum atomic E-state index is 12.8. The first-order chi connectivity index (χ1) is 9.72. The molecule has 2 rings (SSSR count). The molecule has 0 aliphatic rings. The molecule has 21 heavy (non-hydrogen) atoms. The van der Waals surface area contributed by atoms with Gasteiger partial charge in [-0.1, -0.05) is 17.7 Å². The number of sulfonamides is 1. The number of H-pyrrole nitrogens is 1. The molecule has 0 saturated heterocycles. The third kappa shape index (κ3) is 3.16. The maximum absolute atomic E-state index is 12.8. The molecule has 0 fully saturated rings. The second-order valence-electron chi connectivity index (χ2n) is 4.42. The number of rotatable bonds is 4. The van der Waals surface area contributed by atoms with Crippen molar-refractivity contribution in [3.05, 3.63) is 40.2 Å². The van der Waals surface area contributed by atoms with Crippen LogP contribution in [0, 0.1) is 13.8 Å². The van der Waals surface area contributed by atoms with E-state index in [1.807, 2.05) is 0 Å². The molecular formula is C12H12ClF2N3O2S. The zero-order valence-electron chi connectivity index (χ0n) is 11.1. The molecule has 2 N–H and O–H groups in total. The van der Waals surface area contributed by atoms with Crippen LogP contribution in [0.5, 0.6) is 0 Å². The predicted molar refractivity (Wildman–Crippen MR) is 75.3 cm³/mol. The normalized spacial score (nSPS) is 11.9. The number of hydrogen-bond donors (Lipinski definition) is 2. The highest BCUT2D eigenvalue weighted by Crippen LogP contribution is 2.30. The Labute approximate surface area is 125 Å². The molecule has 114 valence electrons. The number of nitrogens with zero attached hydrogens (tertiary/aromatic N) is 1. The fourth-order valence-corrected chi connectivity index (χ4v) is 3.43. The number of hydrogen-bond acceptors (Lipinski definition) is 3. The van der Waals surface area contributed by atoms with E-state index in [4.69, 9.17) is 11.6 Å². The monoisotopic (exact) mass is 335 g/mol. The molecule has 0 amide bonds. The van der Waals surface area contributed by atoms with Gasteiger partial charge in [0.15, 0.2) is 5.69 Å². The van der Waals surface area contributed by atoms with Crippen LogP contribution in [0.3, 0.4) is 0 Å². The van der Waals surface area contributed by atoms with Crippen LogP contribution in [0.2, 0.25) is 5.02 Å². The molecule has 0 spiro atoms. The van der Waals surface area contributed by atoms with Gasteiger partial charge in [-0.15, -0.1) is 0 Å². The number of benzene rings is 1. The van der Waals surface area contributed by atoms with Gasteiger partial charge in [0.1, 0.15) is 0 Å². The Hall–Kier alpha value is -1.67. The minimum atomic E-state index is -4.04. The Morgan fingerprint density at radius 3 is 2.62 bits per heavy atom. The van der Waals surface area contributed by atoms with Crippen LogP contribution in [-0.4, -0.2) is 18.6 Å². The van der Waals surface area contributed by atoms with Gasteiger partial charge in [0.25, 0.3) is 16.4 Å². The first-order valence-electron chi connectivity index (χ1n) is 5.84. The van der Waals surface area contributed by atoms with E-state index in [1.165, 1.54) is 19.1 Å². The average molecular weight is 336 g/mol. The van der Waals surface area contributed by atoms with Crippen molar-refractivity contribution in [3.63, 3.8) is 0 Å². The zero-order valence-corrected chi connectivity index (χ0v) is 12.7. The van der Waals surface area contributed by atoms with Gasteiger partial charge in [-0.05, 0) is 31.5 Å². The summed E-state index contributed by atoms with van der Waals surface area (Å²) in [4.78, 5) is -0.0733. The first-order valence-corrected chi connectivity index (χ1v) is 7.70. The molecule has 0 saturated carbocycles. The van der Waals surface area contributed by atoms with Gasteiger partial charge in [0, 0.05) is 5.02 Å². The van der Waals surface area contributed by atoms with Crippen LogP contribution in [0.15, 0.2) is 23.1 Å². The fraction of sp³-hybridized carbons (Fsp3) is 0.250. The van der Waals surface area contributed by atoms with E-state index in [1.54, 1.807) is 13.0 Å². The molecule has 0 unspecified atom stereocenters. The Kier molecular flexibility index (Phi) is 4.20. The summed E-state index contributed by atoms with van der Waals surface area (Å²) in [6, 6.07) is 4.34. The lowest BCUT2D eigenvalue weighted by molar-refractivity contribution is 0.147. The van der Waals surface area contributed by atoms with Crippen LogP contribution >= 0.6 is 11.6 Å². The van der Waals surface area contributed by atoms with E-state index >= 15 is 0 Å². The lowest BCUT2D eigenvalue weighted by Crippen LogP contribution is -2.15. The number of alkyl halides is 2. The summed E-state index contributed by atoms with van der Waals surface area (Å²) >= 11 is 5.79. The number of halogens is 3. The van der Waals surface area contributed by atoms with Crippen molar-refractivity contribution in [3.8, 4) is 0 Å². The van der Waals surface area contributed by atoms with Gasteiger partial charge < -0.3 is 0 Å². The molecule has 2 aromatic rings. The summed E-state index contributed by atoms with van der Waals surface area (Å²) in [6.07, 6.45) is -2.90. The van der Waals surface area contributed by atoms with Crippen LogP contribution in [-0.2, 0) is 10.0 Å². The Morgan fingerprint density at radius 1 is 1.33 bits per heavy atom. The minimum Gasteiger partial charge on any atom is -0.280 e. The molecule has 5 nitrogen and oxygen atoms in total. The van der Waals surface area contributed by atoms with Crippen molar-refractivity contribution in [2.45, 2.75) is 25.2 Å². The standard InChI is InChI=1S/C12H12ClF2N3O2S/c1-6-3-4-8(13)5-9(6)21(19,20)18-10-7(2)16-17-11(10)12(14)15/h3-5,12,18H,1-2H3,(H,16,17). The third-order valence-electron chi connectivity index (χ3n) is 2.86. The lowest BCUT2D eigenvalue weighted by atomic mass is 10.2. The molecule has 0 aliphatic carbocycles.